The molecular weight excluding hydrogens is 451 g/mol. The lowest BCUT2D eigenvalue weighted by Crippen LogP contribution is -2.26. The second-order valence-electron chi connectivity index (χ2n) is 6.77. The van der Waals surface area contributed by atoms with E-state index in [-0.39, 0.29) is 32.9 Å². The van der Waals surface area contributed by atoms with Crippen molar-refractivity contribution in [2.75, 3.05) is 17.2 Å². The smallest absolute Gasteiger partial charge is 0.377 e. The molecule has 0 saturated heterocycles. The maximum atomic E-state index is 12.7. The van der Waals surface area contributed by atoms with Gasteiger partial charge in [0.2, 0.25) is 0 Å². The summed E-state index contributed by atoms with van der Waals surface area (Å²) in [6.07, 6.45) is -1.28. The normalized spacial score (nSPS) is 15.8. The Kier molecular flexibility index (Phi) is 6.80. The standard InChI is InChI=1S/C20H19ClF3N5OS/c1-10-7-26-15(31-10)9-28-18-16(11(2)25)17(21)14(8-27-18)19(30)29-13-5-3-12(4-6-13)20(22,23)24/h3-8,15,25-26H,9H2,1-2H3,(H,27,28)(H,29,30). The number of benzene rings is 1. The second-order valence-corrected chi connectivity index (χ2v) is 8.60. The van der Waals surface area contributed by atoms with Crippen molar-refractivity contribution in [1.29, 1.82) is 5.41 Å². The third-order valence-corrected chi connectivity index (χ3v) is 5.83. The zero-order valence-corrected chi connectivity index (χ0v) is 18.1. The molecule has 1 aliphatic rings. The summed E-state index contributed by atoms with van der Waals surface area (Å²) in [4.78, 5) is 18.0. The number of amides is 1. The van der Waals surface area contributed by atoms with E-state index in [4.69, 9.17) is 17.0 Å². The average Bonchev–Trinajstić information content (AvgIpc) is 3.10. The molecule has 11 heteroatoms. The number of nitrogens with one attached hydrogen (secondary N) is 4. The van der Waals surface area contributed by atoms with Crippen LogP contribution in [0.2, 0.25) is 5.02 Å². The largest absolute Gasteiger partial charge is 0.416 e. The van der Waals surface area contributed by atoms with Crippen LogP contribution in [0.3, 0.4) is 0 Å². The molecule has 31 heavy (non-hydrogen) atoms. The van der Waals surface area contributed by atoms with Crippen molar-refractivity contribution in [2.24, 2.45) is 0 Å². The van der Waals surface area contributed by atoms with Gasteiger partial charge in [0, 0.05) is 30.3 Å². The molecule has 1 aliphatic heterocycles. The molecular formula is C20H19ClF3N5OS. The number of halogens is 4. The molecule has 1 aromatic carbocycles. The van der Waals surface area contributed by atoms with Crippen molar-refractivity contribution in [3.05, 3.63) is 63.3 Å². The van der Waals surface area contributed by atoms with Gasteiger partial charge >= 0.3 is 6.18 Å². The van der Waals surface area contributed by atoms with Gasteiger partial charge in [-0.05, 0) is 43.0 Å². The summed E-state index contributed by atoms with van der Waals surface area (Å²) in [5.74, 6) is -0.269. The van der Waals surface area contributed by atoms with Crippen LogP contribution in [0.5, 0.6) is 0 Å². The molecule has 0 bridgehead atoms. The molecule has 0 radical (unpaired) electrons. The fraction of sp³-hybridized carbons (Fsp3) is 0.250. The van der Waals surface area contributed by atoms with E-state index in [2.05, 4.69) is 20.9 Å². The minimum atomic E-state index is -4.46. The van der Waals surface area contributed by atoms with Crippen molar-refractivity contribution in [2.45, 2.75) is 25.4 Å². The van der Waals surface area contributed by atoms with Gasteiger partial charge in [0.15, 0.2) is 0 Å². The summed E-state index contributed by atoms with van der Waals surface area (Å²) in [6, 6.07) is 4.06. The number of aromatic nitrogens is 1. The van der Waals surface area contributed by atoms with Crippen molar-refractivity contribution in [3.8, 4) is 0 Å². The minimum Gasteiger partial charge on any atom is -0.377 e. The molecule has 1 aromatic heterocycles. The second kappa shape index (κ2) is 9.19. The van der Waals surface area contributed by atoms with Crippen molar-refractivity contribution in [1.82, 2.24) is 10.3 Å². The zero-order valence-electron chi connectivity index (χ0n) is 16.5. The molecule has 164 valence electrons. The van der Waals surface area contributed by atoms with E-state index in [1.807, 2.05) is 13.1 Å². The highest BCUT2D eigenvalue weighted by atomic mass is 35.5. The predicted molar refractivity (Wildman–Crippen MR) is 118 cm³/mol. The van der Waals surface area contributed by atoms with Gasteiger partial charge in [0.1, 0.15) is 5.82 Å². The Morgan fingerprint density at radius 2 is 2.00 bits per heavy atom. The van der Waals surface area contributed by atoms with E-state index in [1.165, 1.54) is 13.1 Å². The van der Waals surface area contributed by atoms with E-state index in [9.17, 15) is 18.0 Å². The predicted octanol–water partition coefficient (Wildman–Crippen LogP) is 5.33. The number of hydrogen-bond donors (Lipinski definition) is 4. The third-order valence-electron chi connectivity index (χ3n) is 4.36. The van der Waals surface area contributed by atoms with Crippen molar-refractivity contribution < 1.29 is 18.0 Å². The first-order chi connectivity index (χ1) is 14.6. The SMILES string of the molecule is CC(=N)c1c(NCC2NC=C(C)S2)ncc(C(=O)Nc2ccc(C(F)(F)F)cc2)c1Cl. The maximum Gasteiger partial charge on any atom is 0.416 e. The number of carbonyl (C=O) groups is 1. The van der Waals surface area contributed by atoms with Crippen LogP contribution in [-0.2, 0) is 6.18 Å². The highest BCUT2D eigenvalue weighted by Gasteiger charge is 2.30. The van der Waals surface area contributed by atoms with E-state index < -0.39 is 17.6 Å². The number of nitrogens with zero attached hydrogens (tertiary/aromatic N) is 1. The van der Waals surface area contributed by atoms with Gasteiger partial charge in [-0.2, -0.15) is 13.2 Å². The quantitative estimate of drug-likeness (QED) is 0.429. The van der Waals surface area contributed by atoms with Crippen LogP contribution in [0.25, 0.3) is 0 Å². The van der Waals surface area contributed by atoms with E-state index in [0.717, 1.165) is 29.2 Å². The lowest BCUT2D eigenvalue weighted by Gasteiger charge is -2.17. The molecule has 0 saturated carbocycles. The van der Waals surface area contributed by atoms with Crippen LogP contribution in [0.15, 0.2) is 41.6 Å². The van der Waals surface area contributed by atoms with Crippen LogP contribution in [0.1, 0.15) is 35.3 Å². The summed E-state index contributed by atoms with van der Waals surface area (Å²) in [6.45, 7) is 4.03. The summed E-state index contributed by atoms with van der Waals surface area (Å²) in [5.41, 5.74) is -0.223. The number of hydrogen-bond acceptors (Lipinski definition) is 6. The molecule has 1 unspecified atom stereocenters. The molecule has 1 amide bonds. The lowest BCUT2D eigenvalue weighted by molar-refractivity contribution is -0.137. The highest BCUT2D eigenvalue weighted by molar-refractivity contribution is 8.03. The van der Waals surface area contributed by atoms with Crippen LogP contribution < -0.4 is 16.0 Å². The number of thioether (sulfide) groups is 1. The van der Waals surface area contributed by atoms with Gasteiger partial charge in [-0.1, -0.05) is 11.6 Å². The van der Waals surface area contributed by atoms with Crippen LogP contribution in [-0.4, -0.2) is 28.5 Å². The number of carbonyl (C=O) groups excluding carboxylic acids is 1. The molecule has 2 heterocycles. The van der Waals surface area contributed by atoms with Gasteiger partial charge in [-0.25, -0.2) is 4.98 Å². The average molecular weight is 470 g/mol. The highest BCUT2D eigenvalue weighted by Crippen LogP contribution is 2.31. The molecule has 4 N–H and O–H groups in total. The molecule has 6 nitrogen and oxygen atoms in total. The summed E-state index contributed by atoms with van der Waals surface area (Å²) in [7, 11) is 0. The van der Waals surface area contributed by atoms with Crippen molar-refractivity contribution in [3.63, 3.8) is 0 Å². The van der Waals surface area contributed by atoms with Gasteiger partial charge in [-0.15, -0.1) is 11.8 Å². The summed E-state index contributed by atoms with van der Waals surface area (Å²) >= 11 is 8.07. The zero-order chi connectivity index (χ0) is 22.8. The Morgan fingerprint density at radius 1 is 1.32 bits per heavy atom. The first kappa shape index (κ1) is 23.0. The van der Waals surface area contributed by atoms with E-state index >= 15 is 0 Å². The van der Waals surface area contributed by atoms with Crippen LogP contribution in [0, 0.1) is 5.41 Å². The van der Waals surface area contributed by atoms with Gasteiger partial charge < -0.3 is 21.4 Å². The number of pyridine rings is 1. The summed E-state index contributed by atoms with van der Waals surface area (Å²) < 4.78 is 38.1. The first-order valence-electron chi connectivity index (χ1n) is 9.12. The fourth-order valence-electron chi connectivity index (χ4n) is 2.86. The van der Waals surface area contributed by atoms with Crippen LogP contribution >= 0.6 is 23.4 Å². The molecule has 3 rings (SSSR count). The molecule has 2 aromatic rings. The number of rotatable bonds is 6. The van der Waals surface area contributed by atoms with E-state index in [1.54, 1.807) is 11.8 Å². The fourth-order valence-corrected chi connectivity index (χ4v) is 4.11. The number of allylic oxidation sites excluding steroid dienone is 1. The number of alkyl halides is 3. The molecule has 0 spiro atoms. The Balaban J connectivity index is 1.77. The Morgan fingerprint density at radius 3 is 2.55 bits per heavy atom. The van der Waals surface area contributed by atoms with Gasteiger partial charge in [-0.3, -0.25) is 4.79 Å². The number of anilines is 2. The Hall–Kier alpha value is -2.72. The maximum absolute atomic E-state index is 12.7. The van der Waals surface area contributed by atoms with E-state index in [0.29, 0.717) is 12.4 Å². The third kappa shape index (κ3) is 5.50. The van der Waals surface area contributed by atoms with Crippen LogP contribution in [0.4, 0.5) is 24.7 Å². The first-order valence-corrected chi connectivity index (χ1v) is 10.4. The van der Waals surface area contributed by atoms with Gasteiger partial charge in [0.25, 0.3) is 5.91 Å². The minimum absolute atomic E-state index is 0.0135. The molecule has 0 fully saturated rings. The molecule has 1 atom stereocenters. The Labute approximate surface area is 186 Å². The Bertz CT molecular complexity index is 1040. The monoisotopic (exact) mass is 469 g/mol. The van der Waals surface area contributed by atoms with Crippen molar-refractivity contribution >= 4 is 46.5 Å². The topological polar surface area (TPSA) is 89.9 Å². The lowest BCUT2D eigenvalue weighted by atomic mass is 10.1. The molecule has 0 aliphatic carbocycles. The summed E-state index contributed by atoms with van der Waals surface area (Å²) in [5, 5.41) is 17.0. The van der Waals surface area contributed by atoms with Gasteiger partial charge in [0.05, 0.1) is 27.1 Å².